The van der Waals surface area contributed by atoms with Crippen LogP contribution in [0.15, 0.2) is 48.5 Å². The zero-order valence-electron chi connectivity index (χ0n) is 16.2. The van der Waals surface area contributed by atoms with Gasteiger partial charge in [-0.05, 0) is 35.4 Å². The van der Waals surface area contributed by atoms with Crippen molar-refractivity contribution >= 4 is 17.6 Å². The van der Waals surface area contributed by atoms with Crippen LogP contribution in [0.5, 0.6) is 5.75 Å². The highest BCUT2D eigenvalue weighted by Gasteiger charge is 2.45. The lowest BCUT2D eigenvalue weighted by Crippen LogP contribution is -2.63. The van der Waals surface area contributed by atoms with Gasteiger partial charge in [0.25, 0.3) is 0 Å². The minimum atomic E-state index is -1.66. The molecule has 0 aliphatic carbocycles. The Balaban J connectivity index is 1.43. The Labute approximate surface area is 168 Å². The van der Waals surface area contributed by atoms with E-state index in [1.165, 1.54) is 4.90 Å². The number of amides is 3. The molecule has 29 heavy (non-hydrogen) atoms. The zero-order chi connectivity index (χ0) is 20.9. The van der Waals surface area contributed by atoms with E-state index in [0.29, 0.717) is 12.2 Å². The summed E-state index contributed by atoms with van der Waals surface area (Å²) >= 11 is 0. The van der Waals surface area contributed by atoms with Gasteiger partial charge in [-0.3, -0.25) is 4.79 Å². The van der Waals surface area contributed by atoms with E-state index in [1.807, 2.05) is 24.3 Å². The molecule has 7 nitrogen and oxygen atoms in total. The molecule has 0 unspecified atom stereocenters. The molecule has 0 radical (unpaired) electrons. The molecular weight excluding hydrogens is 377 g/mol. The molecule has 1 heterocycles. The van der Waals surface area contributed by atoms with E-state index in [9.17, 15) is 14.0 Å². The number of nitrogens with zero attached hydrogens (tertiary/aromatic N) is 1. The van der Waals surface area contributed by atoms with E-state index >= 15 is 0 Å². The van der Waals surface area contributed by atoms with Crippen LogP contribution in [0, 0.1) is 0 Å². The summed E-state index contributed by atoms with van der Waals surface area (Å²) in [5, 5.41) is 14.4. The molecule has 1 saturated heterocycles. The van der Waals surface area contributed by atoms with Crippen molar-refractivity contribution in [1.82, 2.24) is 10.2 Å². The molecule has 0 aromatic heterocycles. The third-order valence-electron chi connectivity index (χ3n) is 4.76. The largest absolute Gasteiger partial charge is 0.497 e. The first-order valence-corrected chi connectivity index (χ1v) is 9.25. The van der Waals surface area contributed by atoms with E-state index in [2.05, 4.69) is 10.6 Å². The first-order valence-electron chi connectivity index (χ1n) is 9.25. The van der Waals surface area contributed by atoms with Crippen LogP contribution in [-0.4, -0.2) is 54.4 Å². The number of benzene rings is 2. The number of nitrogens with one attached hydrogen (secondary N) is 2. The predicted molar refractivity (Wildman–Crippen MR) is 107 cm³/mol. The molecule has 0 spiro atoms. The van der Waals surface area contributed by atoms with Crippen molar-refractivity contribution in [2.45, 2.75) is 18.6 Å². The van der Waals surface area contributed by atoms with Crippen molar-refractivity contribution in [3.8, 4) is 5.75 Å². The highest BCUT2D eigenvalue weighted by Crippen LogP contribution is 2.25. The van der Waals surface area contributed by atoms with E-state index in [4.69, 9.17) is 9.84 Å². The number of rotatable bonds is 7. The quantitative estimate of drug-likeness (QED) is 0.663. The molecule has 1 aliphatic heterocycles. The summed E-state index contributed by atoms with van der Waals surface area (Å²) in [6.07, 6.45) is 0.144. The zero-order valence-corrected chi connectivity index (χ0v) is 16.2. The van der Waals surface area contributed by atoms with Crippen LogP contribution in [0.25, 0.3) is 0 Å². The molecule has 154 valence electrons. The standard InChI is InChI=1S/C21H24FN3O4/c1-29-18-8-4-16(5-9-18)11-23-20(28)24-17-6-2-15(3-7-17)10-19(27)25-12-21(22,13-25)14-26/h2-9,26H,10-14H2,1H3,(H2,23,24,28). The topological polar surface area (TPSA) is 90.9 Å². The smallest absolute Gasteiger partial charge is 0.319 e. The van der Waals surface area contributed by atoms with Gasteiger partial charge in [0, 0.05) is 12.2 Å². The molecule has 1 aliphatic rings. The maximum atomic E-state index is 13.7. The average molecular weight is 401 g/mol. The maximum absolute atomic E-state index is 13.7. The minimum Gasteiger partial charge on any atom is -0.497 e. The normalized spacial score (nSPS) is 14.7. The molecule has 0 bridgehead atoms. The Morgan fingerprint density at radius 2 is 1.72 bits per heavy atom. The van der Waals surface area contributed by atoms with Crippen molar-refractivity contribution in [2.24, 2.45) is 0 Å². The van der Waals surface area contributed by atoms with E-state index in [0.717, 1.165) is 16.9 Å². The molecule has 1 fully saturated rings. The summed E-state index contributed by atoms with van der Waals surface area (Å²) in [6, 6.07) is 14.0. The van der Waals surface area contributed by atoms with Gasteiger partial charge in [-0.25, -0.2) is 9.18 Å². The Morgan fingerprint density at radius 1 is 1.10 bits per heavy atom. The van der Waals surface area contributed by atoms with Crippen LogP contribution >= 0.6 is 0 Å². The molecule has 2 aromatic carbocycles. The van der Waals surface area contributed by atoms with Crippen LogP contribution in [0.3, 0.4) is 0 Å². The molecule has 3 N–H and O–H groups in total. The van der Waals surface area contributed by atoms with Gasteiger partial charge in [0.15, 0.2) is 5.67 Å². The van der Waals surface area contributed by atoms with Gasteiger partial charge in [0.2, 0.25) is 5.91 Å². The number of urea groups is 1. The molecule has 0 saturated carbocycles. The number of likely N-dealkylation sites (tertiary alicyclic amines) is 1. The Hall–Kier alpha value is -3.13. The number of halogens is 1. The number of alkyl halides is 1. The first-order chi connectivity index (χ1) is 13.9. The van der Waals surface area contributed by atoms with E-state index in [1.54, 1.807) is 31.4 Å². The number of carbonyl (C=O) groups excluding carboxylic acids is 2. The monoisotopic (exact) mass is 401 g/mol. The van der Waals surface area contributed by atoms with Crippen LogP contribution in [0.2, 0.25) is 0 Å². The van der Waals surface area contributed by atoms with Gasteiger partial charge in [0.05, 0.1) is 33.2 Å². The second-order valence-corrected chi connectivity index (χ2v) is 7.09. The first kappa shape index (κ1) is 20.6. The number of hydrogen-bond acceptors (Lipinski definition) is 4. The number of methoxy groups -OCH3 is 1. The fourth-order valence-corrected chi connectivity index (χ4v) is 3.01. The van der Waals surface area contributed by atoms with Crippen LogP contribution in [0.1, 0.15) is 11.1 Å². The molecule has 3 amide bonds. The van der Waals surface area contributed by atoms with Gasteiger partial charge < -0.3 is 25.4 Å². The van der Waals surface area contributed by atoms with Crippen molar-refractivity contribution in [3.63, 3.8) is 0 Å². The van der Waals surface area contributed by atoms with Gasteiger partial charge in [-0.15, -0.1) is 0 Å². The lowest BCUT2D eigenvalue weighted by molar-refractivity contribution is -0.147. The summed E-state index contributed by atoms with van der Waals surface area (Å²) in [7, 11) is 1.60. The Morgan fingerprint density at radius 3 is 2.31 bits per heavy atom. The number of ether oxygens (including phenoxy) is 1. The highest BCUT2D eigenvalue weighted by molar-refractivity contribution is 5.89. The molecule has 3 rings (SSSR count). The second-order valence-electron chi connectivity index (χ2n) is 7.09. The van der Waals surface area contributed by atoms with Gasteiger partial charge in [-0.2, -0.15) is 0 Å². The van der Waals surface area contributed by atoms with Gasteiger partial charge in [0.1, 0.15) is 5.75 Å². The van der Waals surface area contributed by atoms with E-state index < -0.39 is 12.3 Å². The number of aliphatic hydroxyl groups excluding tert-OH is 1. The van der Waals surface area contributed by atoms with Crippen molar-refractivity contribution < 1.29 is 23.8 Å². The minimum absolute atomic E-state index is 0.0731. The molecule has 2 aromatic rings. The molecule has 0 atom stereocenters. The average Bonchev–Trinajstić information content (AvgIpc) is 2.71. The lowest BCUT2D eigenvalue weighted by Gasteiger charge is -2.43. The number of carbonyl (C=O) groups is 2. The maximum Gasteiger partial charge on any atom is 0.319 e. The van der Waals surface area contributed by atoms with Crippen LogP contribution in [-0.2, 0) is 17.8 Å². The Bertz CT molecular complexity index is 849. The predicted octanol–water partition coefficient (Wildman–Crippen LogP) is 2.10. The van der Waals surface area contributed by atoms with E-state index in [-0.39, 0.29) is 31.4 Å². The lowest BCUT2D eigenvalue weighted by atomic mass is 9.96. The number of hydrogen-bond donors (Lipinski definition) is 3. The molecular formula is C21H24FN3O4. The van der Waals surface area contributed by atoms with Crippen molar-refractivity contribution in [2.75, 3.05) is 32.1 Å². The third kappa shape index (κ3) is 5.45. The van der Waals surface area contributed by atoms with Crippen molar-refractivity contribution in [1.29, 1.82) is 0 Å². The highest BCUT2D eigenvalue weighted by atomic mass is 19.1. The number of anilines is 1. The third-order valence-corrected chi connectivity index (χ3v) is 4.76. The SMILES string of the molecule is COc1ccc(CNC(=O)Nc2ccc(CC(=O)N3CC(F)(CO)C3)cc2)cc1. The van der Waals surface area contributed by atoms with Crippen LogP contribution in [0.4, 0.5) is 14.9 Å². The van der Waals surface area contributed by atoms with Crippen molar-refractivity contribution in [3.05, 3.63) is 59.7 Å². The summed E-state index contributed by atoms with van der Waals surface area (Å²) in [6.45, 7) is -0.341. The summed E-state index contributed by atoms with van der Waals surface area (Å²) in [5.74, 6) is 0.563. The summed E-state index contributed by atoms with van der Waals surface area (Å²) in [4.78, 5) is 25.5. The Kier molecular flexibility index (Phi) is 6.33. The second kappa shape index (κ2) is 8.91. The van der Waals surface area contributed by atoms with Gasteiger partial charge >= 0.3 is 6.03 Å². The van der Waals surface area contributed by atoms with Crippen LogP contribution < -0.4 is 15.4 Å². The van der Waals surface area contributed by atoms with Gasteiger partial charge in [-0.1, -0.05) is 24.3 Å². The molecule has 8 heteroatoms. The number of aliphatic hydroxyl groups is 1. The fraction of sp³-hybridized carbons (Fsp3) is 0.333. The summed E-state index contributed by atoms with van der Waals surface area (Å²) in [5.41, 5.74) is 0.641. The fourth-order valence-electron chi connectivity index (χ4n) is 3.01. The summed E-state index contributed by atoms with van der Waals surface area (Å²) < 4.78 is 18.8.